The van der Waals surface area contributed by atoms with E-state index in [9.17, 15) is 0 Å². The van der Waals surface area contributed by atoms with Crippen molar-refractivity contribution < 1.29 is 0 Å². The largest absolute Gasteiger partial charge is 0.369 e. The molecule has 0 atom stereocenters. The zero-order valence-electron chi connectivity index (χ0n) is 8.19. The standard InChI is InChI=1S/C10H10N4S/c1-7-3-2-4-8(5-7)9(15)14-10(12)13-6-11/h2-5H,1H3,(H3,12,13,14,15). The second kappa shape index (κ2) is 5.08. The summed E-state index contributed by atoms with van der Waals surface area (Å²) in [6.45, 7) is 1.96. The molecular weight excluding hydrogens is 208 g/mol. The topological polar surface area (TPSA) is 74.2 Å². The summed E-state index contributed by atoms with van der Waals surface area (Å²) in [6, 6.07) is 7.61. The number of aryl methyl sites for hydroxylation is 1. The predicted octanol–water partition coefficient (Wildman–Crippen LogP) is 1.06. The SMILES string of the molecule is Cc1cccc(C(=S)N=C(N)NC#N)c1. The Morgan fingerprint density at radius 2 is 2.33 bits per heavy atom. The lowest BCUT2D eigenvalue weighted by molar-refractivity contribution is 1.23. The maximum absolute atomic E-state index is 8.30. The van der Waals surface area contributed by atoms with Crippen molar-refractivity contribution in [1.29, 1.82) is 5.26 Å². The number of rotatable bonds is 1. The highest BCUT2D eigenvalue weighted by Crippen LogP contribution is 2.06. The van der Waals surface area contributed by atoms with Crippen molar-refractivity contribution in [2.24, 2.45) is 10.7 Å². The third kappa shape index (κ3) is 3.37. The van der Waals surface area contributed by atoms with Crippen LogP contribution in [0.5, 0.6) is 0 Å². The maximum Gasteiger partial charge on any atom is 0.208 e. The van der Waals surface area contributed by atoms with Gasteiger partial charge in [0.2, 0.25) is 5.96 Å². The van der Waals surface area contributed by atoms with Gasteiger partial charge in [-0.1, -0.05) is 36.0 Å². The maximum atomic E-state index is 8.30. The normalized spacial score (nSPS) is 10.5. The van der Waals surface area contributed by atoms with Gasteiger partial charge >= 0.3 is 0 Å². The number of aliphatic imine (C=N–C) groups is 1. The van der Waals surface area contributed by atoms with E-state index in [-0.39, 0.29) is 5.96 Å². The molecule has 0 saturated carbocycles. The van der Waals surface area contributed by atoms with Crippen LogP contribution >= 0.6 is 12.2 Å². The number of guanidine groups is 1. The molecule has 0 aliphatic heterocycles. The minimum absolute atomic E-state index is 0.00371. The molecule has 15 heavy (non-hydrogen) atoms. The molecule has 0 unspecified atom stereocenters. The minimum atomic E-state index is 0.00371. The van der Waals surface area contributed by atoms with E-state index >= 15 is 0 Å². The molecule has 0 heterocycles. The second-order valence-corrected chi connectivity index (χ2v) is 3.30. The number of nitriles is 1. The van der Waals surface area contributed by atoms with Crippen LogP contribution < -0.4 is 11.1 Å². The highest BCUT2D eigenvalue weighted by molar-refractivity contribution is 7.80. The Hall–Kier alpha value is -1.93. The van der Waals surface area contributed by atoms with E-state index < -0.39 is 0 Å². The molecule has 76 valence electrons. The van der Waals surface area contributed by atoms with Crippen LogP contribution in [0, 0.1) is 18.4 Å². The van der Waals surface area contributed by atoms with Crippen LogP contribution in [0.25, 0.3) is 0 Å². The summed E-state index contributed by atoms with van der Waals surface area (Å²) in [5.74, 6) is 0.00371. The third-order valence-electron chi connectivity index (χ3n) is 1.67. The van der Waals surface area contributed by atoms with E-state index in [0.717, 1.165) is 11.1 Å². The first kappa shape index (κ1) is 11.1. The zero-order valence-corrected chi connectivity index (χ0v) is 9.01. The van der Waals surface area contributed by atoms with Crippen molar-refractivity contribution in [1.82, 2.24) is 5.32 Å². The molecule has 1 rings (SSSR count). The van der Waals surface area contributed by atoms with Crippen molar-refractivity contribution in [2.45, 2.75) is 6.92 Å². The van der Waals surface area contributed by atoms with E-state index in [1.54, 1.807) is 6.19 Å². The van der Waals surface area contributed by atoms with Crippen LogP contribution in [0.3, 0.4) is 0 Å². The number of hydrogen-bond donors (Lipinski definition) is 2. The highest BCUT2D eigenvalue weighted by atomic mass is 32.1. The van der Waals surface area contributed by atoms with Gasteiger partial charge in [-0.25, -0.2) is 4.99 Å². The molecule has 1 aromatic rings. The first-order valence-corrected chi connectivity index (χ1v) is 4.64. The summed E-state index contributed by atoms with van der Waals surface area (Å²) in [5.41, 5.74) is 7.30. The third-order valence-corrected chi connectivity index (χ3v) is 2.00. The molecule has 1 aromatic carbocycles. The predicted molar refractivity (Wildman–Crippen MR) is 63.3 cm³/mol. The summed E-state index contributed by atoms with van der Waals surface area (Å²) in [6.07, 6.45) is 1.67. The van der Waals surface area contributed by atoms with Crippen molar-refractivity contribution in [3.63, 3.8) is 0 Å². The van der Waals surface area contributed by atoms with Crippen molar-refractivity contribution in [3.8, 4) is 6.19 Å². The number of hydrogen-bond acceptors (Lipinski definition) is 2. The van der Waals surface area contributed by atoms with E-state index in [2.05, 4.69) is 10.3 Å². The van der Waals surface area contributed by atoms with Gasteiger partial charge in [0.05, 0.1) is 0 Å². The number of nitrogens with one attached hydrogen (secondary N) is 1. The van der Waals surface area contributed by atoms with Crippen LogP contribution in [-0.4, -0.2) is 10.9 Å². The zero-order chi connectivity index (χ0) is 11.3. The van der Waals surface area contributed by atoms with Gasteiger partial charge in [0, 0.05) is 5.56 Å². The smallest absolute Gasteiger partial charge is 0.208 e. The van der Waals surface area contributed by atoms with Gasteiger partial charge < -0.3 is 5.73 Å². The second-order valence-electron chi connectivity index (χ2n) is 2.91. The van der Waals surface area contributed by atoms with Crippen LogP contribution in [0.1, 0.15) is 11.1 Å². The highest BCUT2D eigenvalue weighted by Gasteiger charge is 2.00. The van der Waals surface area contributed by atoms with Gasteiger partial charge in [0.25, 0.3) is 0 Å². The Bertz CT molecular complexity index is 445. The number of nitrogens with zero attached hydrogens (tertiary/aromatic N) is 2. The van der Waals surface area contributed by atoms with Gasteiger partial charge in [0.1, 0.15) is 4.99 Å². The Morgan fingerprint density at radius 1 is 1.60 bits per heavy atom. The molecule has 0 bridgehead atoms. The number of benzene rings is 1. The summed E-state index contributed by atoms with van der Waals surface area (Å²) in [7, 11) is 0. The average molecular weight is 218 g/mol. The molecule has 5 heteroatoms. The van der Waals surface area contributed by atoms with Crippen LogP contribution in [0.2, 0.25) is 0 Å². The molecule has 0 amide bonds. The van der Waals surface area contributed by atoms with E-state index in [0.29, 0.717) is 4.99 Å². The van der Waals surface area contributed by atoms with E-state index in [4.69, 9.17) is 23.2 Å². The fourth-order valence-electron chi connectivity index (χ4n) is 1.04. The molecule has 0 aromatic heterocycles. The Balaban J connectivity index is 2.87. The van der Waals surface area contributed by atoms with Crippen molar-refractivity contribution in [3.05, 3.63) is 35.4 Å². The Kier molecular flexibility index (Phi) is 3.77. The Morgan fingerprint density at radius 3 is 2.93 bits per heavy atom. The van der Waals surface area contributed by atoms with Crippen molar-refractivity contribution in [2.75, 3.05) is 0 Å². The molecule has 0 aliphatic rings. The summed E-state index contributed by atoms with van der Waals surface area (Å²) in [5, 5.41) is 10.5. The molecule has 3 N–H and O–H groups in total. The fraction of sp³-hybridized carbons (Fsp3) is 0.100. The molecule has 0 saturated heterocycles. The first-order valence-electron chi connectivity index (χ1n) is 4.23. The first-order chi connectivity index (χ1) is 7.13. The molecule has 0 aliphatic carbocycles. The summed E-state index contributed by atoms with van der Waals surface area (Å²) < 4.78 is 0. The van der Waals surface area contributed by atoms with Gasteiger partial charge in [0.15, 0.2) is 6.19 Å². The lowest BCUT2D eigenvalue weighted by Crippen LogP contribution is -2.28. The number of nitrogens with two attached hydrogens (primary N) is 1. The Labute approximate surface area is 93.4 Å². The minimum Gasteiger partial charge on any atom is -0.369 e. The van der Waals surface area contributed by atoms with E-state index in [1.807, 2.05) is 31.2 Å². The van der Waals surface area contributed by atoms with Gasteiger partial charge in [-0.2, -0.15) is 5.26 Å². The average Bonchev–Trinajstić information content (AvgIpc) is 2.18. The molecule has 0 radical (unpaired) electrons. The van der Waals surface area contributed by atoms with Crippen LogP contribution in [0.15, 0.2) is 29.3 Å². The van der Waals surface area contributed by atoms with Crippen LogP contribution in [0.4, 0.5) is 0 Å². The lowest BCUT2D eigenvalue weighted by atomic mass is 10.1. The van der Waals surface area contributed by atoms with Gasteiger partial charge in [-0.05, 0) is 13.0 Å². The summed E-state index contributed by atoms with van der Waals surface area (Å²) in [4.78, 5) is 4.23. The summed E-state index contributed by atoms with van der Waals surface area (Å²) >= 11 is 5.05. The molecule has 4 nitrogen and oxygen atoms in total. The van der Waals surface area contributed by atoms with E-state index in [1.165, 1.54) is 0 Å². The quantitative estimate of drug-likeness (QED) is 0.243. The molecule has 0 fully saturated rings. The van der Waals surface area contributed by atoms with Gasteiger partial charge in [-0.15, -0.1) is 0 Å². The van der Waals surface area contributed by atoms with Gasteiger partial charge in [-0.3, -0.25) is 5.32 Å². The monoisotopic (exact) mass is 218 g/mol. The van der Waals surface area contributed by atoms with Crippen LogP contribution in [-0.2, 0) is 0 Å². The fourth-order valence-corrected chi connectivity index (χ4v) is 1.26. The lowest BCUT2D eigenvalue weighted by Gasteiger charge is -2.00. The molecule has 0 spiro atoms. The molecular formula is C10H10N4S. The van der Waals surface area contributed by atoms with Crippen molar-refractivity contribution >= 4 is 23.2 Å². The number of thiocarbonyl (C=S) groups is 1.